The van der Waals surface area contributed by atoms with Crippen LogP contribution < -0.4 is 21.3 Å². The van der Waals surface area contributed by atoms with E-state index in [0.29, 0.717) is 13.3 Å². The Morgan fingerprint density at radius 2 is 0.840 bits per heavy atom. The zero-order chi connectivity index (χ0) is 16.0. The van der Waals surface area contributed by atoms with Crippen LogP contribution in [0.5, 0.6) is 0 Å². The minimum Gasteiger partial charge on any atom is -0.343 e. The second-order valence-electron chi connectivity index (χ2n) is 4.02. The molecule has 0 spiro atoms. The van der Waals surface area contributed by atoms with Crippen molar-refractivity contribution in [3.8, 4) is 0 Å². The molecule has 156 valence electrons. The molecule has 0 rings (SSSR count). The van der Waals surface area contributed by atoms with Crippen molar-refractivity contribution >= 4 is 23.4 Å². The van der Waals surface area contributed by atoms with E-state index >= 15 is 0 Å². The lowest BCUT2D eigenvalue weighted by Crippen LogP contribution is -2.32. The molecule has 0 bridgehead atoms. The number of Topliss-reactive ketones (excluding diaryl/α,β-unsaturated/α-hetero) is 2. The Bertz CT molecular complexity index is 303. The van der Waals surface area contributed by atoms with Gasteiger partial charge >= 0.3 is 0 Å². The molecule has 0 radical (unpaired) electrons. The molecule has 0 aliphatic heterocycles. The summed E-state index contributed by atoms with van der Waals surface area (Å²) in [6, 6.07) is 0. The van der Waals surface area contributed by atoms with Crippen LogP contribution in [0.2, 0.25) is 0 Å². The molecule has 0 saturated carbocycles. The van der Waals surface area contributed by atoms with Gasteiger partial charge in [-0.3, -0.25) is 19.2 Å². The summed E-state index contributed by atoms with van der Waals surface area (Å²) in [4.78, 5) is 42.0. The predicted octanol–water partition coefficient (Wildman–Crippen LogP) is 1.70. The van der Waals surface area contributed by atoms with E-state index < -0.39 is 0 Å². The fraction of sp³-hybridized carbons (Fsp3) is 0.765. The highest BCUT2D eigenvalue weighted by molar-refractivity contribution is 5.97. The van der Waals surface area contributed by atoms with Crippen molar-refractivity contribution in [1.82, 2.24) is 21.3 Å². The summed E-state index contributed by atoms with van der Waals surface area (Å²) in [7, 11) is 3.43. The van der Waals surface area contributed by atoms with E-state index in [2.05, 4.69) is 21.3 Å². The van der Waals surface area contributed by atoms with Gasteiger partial charge in [-0.15, -0.1) is 0 Å². The Balaban J connectivity index is -0.0000000432. The first kappa shape index (κ1) is 43.6. The first-order chi connectivity index (χ1) is 9.33. The minimum absolute atomic E-state index is 0. The van der Waals surface area contributed by atoms with E-state index in [9.17, 15) is 19.2 Å². The van der Waals surface area contributed by atoms with Gasteiger partial charge in [0, 0.05) is 0 Å². The molecule has 8 nitrogen and oxygen atoms in total. The van der Waals surface area contributed by atoms with Gasteiger partial charge in [0.15, 0.2) is 0 Å². The van der Waals surface area contributed by atoms with E-state index in [1.165, 1.54) is 13.8 Å². The molecule has 4 N–H and O–H groups in total. The lowest BCUT2D eigenvalue weighted by molar-refractivity contribution is -0.128. The predicted molar refractivity (Wildman–Crippen MR) is 108 cm³/mol. The highest BCUT2D eigenvalue weighted by Crippen LogP contribution is 1.79. The lowest BCUT2D eigenvalue weighted by atomic mass is 10.3. The normalized spacial score (nSPS) is 7.20. The molecular formula is C17H44N4O4. The number of rotatable bonds is 8. The fourth-order valence-electron chi connectivity index (χ4n) is 0.951. The SMILES string of the molecule is C.C.C.C.C.CNCNC(=O)CC(C)=O.CNCNC(=O)CC(C)=O. The summed E-state index contributed by atoms with van der Waals surface area (Å²) < 4.78 is 0. The van der Waals surface area contributed by atoms with Crippen LogP contribution in [0.15, 0.2) is 0 Å². The van der Waals surface area contributed by atoms with E-state index in [-0.39, 0.29) is 73.4 Å². The summed E-state index contributed by atoms with van der Waals surface area (Å²) in [5.74, 6) is -0.703. The van der Waals surface area contributed by atoms with Crippen molar-refractivity contribution in [2.45, 2.75) is 63.8 Å². The lowest BCUT2D eigenvalue weighted by Gasteiger charge is -2.00. The summed E-state index contributed by atoms with van der Waals surface area (Å²) in [6.45, 7) is 3.59. The number of carbonyl (C=O) groups excluding carboxylic acids is 4. The van der Waals surface area contributed by atoms with E-state index in [1.807, 2.05) is 0 Å². The Kier molecular flexibility index (Phi) is 52.5. The Morgan fingerprint density at radius 3 is 1.00 bits per heavy atom. The van der Waals surface area contributed by atoms with E-state index in [4.69, 9.17) is 0 Å². The molecule has 0 aromatic rings. The summed E-state index contributed by atoms with van der Waals surface area (Å²) in [5.41, 5.74) is 0. The Morgan fingerprint density at radius 1 is 0.600 bits per heavy atom. The van der Waals surface area contributed by atoms with Crippen LogP contribution in [0.1, 0.15) is 63.8 Å². The van der Waals surface area contributed by atoms with Crippen LogP contribution in [0, 0.1) is 0 Å². The maximum atomic E-state index is 10.6. The van der Waals surface area contributed by atoms with E-state index in [1.54, 1.807) is 14.1 Å². The van der Waals surface area contributed by atoms with Crippen molar-refractivity contribution in [2.24, 2.45) is 0 Å². The third kappa shape index (κ3) is 44.9. The van der Waals surface area contributed by atoms with E-state index in [0.717, 1.165) is 0 Å². The standard InChI is InChI=1S/2C6H12N2O2.5CH4/c2*1-5(9)3-6(10)8-4-7-2;;;;;/h2*7H,3-4H2,1-2H3,(H,8,10);5*1H4. The quantitative estimate of drug-likeness (QED) is 0.383. The van der Waals surface area contributed by atoms with Gasteiger partial charge in [0.05, 0.1) is 26.2 Å². The van der Waals surface area contributed by atoms with Crippen molar-refractivity contribution in [3.05, 3.63) is 0 Å². The molecular weight excluding hydrogens is 324 g/mol. The van der Waals surface area contributed by atoms with Gasteiger partial charge in [-0.25, -0.2) is 0 Å². The number of hydrogen-bond donors (Lipinski definition) is 4. The monoisotopic (exact) mass is 368 g/mol. The Hall–Kier alpha value is -1.80. The summed E-state index contributed by atoms with van der Waals surface area (Å²) in [6.07, 6.45) is -0.0522. The molecule has 25 heavy (non-hydrogen) atoms. The van der Waals surface area contributed by atoms with Gasteiger partial charge in [-0.2, -0.15) is 0 Å². The molecule has 0 fully saturated rings. The fourth-order valence-corrected chi connectivity index (χ4v) is 0.951. The zero-order valence-electron chi connectivity index (χ0n) is 12.5. The number of carbonyl (C=O) groups is 4. The van der Waals surface area contributed by atoms with Crippen LogP contribution in [0.3, 0.4) is 0 Å². The van der Waals surface area contributed by atoms with Crippen LogP contribution >= 0.6 is 0 Å². The number of hydrogen-bond acceptors (Lipinski definition) is 6. The minimum atomic E-state index is -0.234. The molecule has 0 unspecified atom stereocenters. The maximum Gasteiger partial charge on any atom is 0.228 e. The molecule has 0 atom stereocenters. The Labute approximate surface area is 155 Å². The van der Waals surface area contributed by atoms with Gasteiger partial charge in [0.25, 0.3) is 0 Å². The largest absolute Gasteiger partial charge is 0.343 e. The van der Waals surface area contributed by atoms with Crippen LogP contribution in [0.25, 0.3) is 0 Å². The zero-order valence-corrected chi connectivity index (χ0v) is 12.5. The number of ketones is 2. The number of amides is 2. The second kappa shape index (κ2) is 30.1. The average molecular weight is 369 g/mol. The van der Waals surface area contributed by atoms with Crippen molar-refractivity contribution in [3.63, 3.8) is 0 Å². The molecule has 2 amide bonds. The third-order valence-corrected chi connectivity index (χ3v) is 1.74. The summed E-state index contributed by atoms with van der Waals surface area (Å²) >= 11 is 0. The van der Waals surface area contributed by atoms with Crippen LogP contribution in [0.4, 0.5) is 0 Å². The molecule has 0 aliphatic rings. The van der Waals surface area contributed by atoms with Crippen molar-refractivity contribution in [1.29, 1.82) is 0 Å². The number of nitrogens with one attached hydrogen (secondary N) is 4. The van der Waals surface area contributed by atoms with Crippen LogP contribution in [-0.4, -0.2) is 50.8 Å². The van der Waals surface area contributed by atoms with Gasteiger partial charge in [0.1, 0.15) is 11.6 Å². The first-order valence-corrected chi connectivity index (χ1v) is 6.14. The van der Waals surface area contributed by atoms with Gasteiger partial charge in [-0.1, -0.05) is 37.1 Å². The topological polar surface area (TPSA) is 116 Å². The van der Waals surface area contributed by atoms with Crippen molar-refractivity contribution in [2.75, 3.05) is 27.4 Å². The smallest absolute Gasteiger partial charge is 0.228 e. The molecule has 0 aliphatic carbocycles. The van der Waals surface area contributed by atoms with Gasteiger partial charge in [0.2, 0.25) is 11.8 Å². The molecule has 0 aromatic heterocycles. The second-order valence-corrected chi connectivity index (χ2v) is 4.02. The highest BCUT2D eigenvalue weighted by atomic mass is 16.2. The highest BCUT2D eigenvalue weighted by Gasteiger charge is 2.02. The summed E-state index contributed by atoms with van der Waals surface area (Å²) in [5, 5.41) is 10.4. The molecule has 0 saturated heterocycles. The van der Waals surface area contributed by atoms with Gasteiger partial charge < -0.3 is 21.3 Å². The maximum absolute atomic E-state index is 10.6. The average Bonchev–Trinajstić information content (AvgIpc) is 2.33. The van der Waals surface area contributed by atoms with Gasteiger partial charge in [-0.05, 0) is 27.9 Å². The first-order valence-electron chi connectivity index (χ1n) is 6.14. The van der Waals surface area contributed by atoms with Crippen molar-refractivity contribution < 1.29 is 19.2 Å². The van der Waals surface area contributed by atoms with Crippen LogP contribution in [-0.2, 0) is 19.2 Å². The third-order valence-electron chi connectivity index (χ3n) is 1.74. The molecule has 0 heterocycles. The molecule has 8 heteroatoms. The molecule has 0 aromatic carbocycles.